The van der Waals surface area contributed by atoms with E-state index in [0.717, 1.165) is 22.4 Å². The molecule has 1 N–H and O–H groups in total. The smallest absolute Gasteiger partial charge is 0.339 e. The molecule has 1 aliphatic heterocycles. The van der Waals surface area contributed by atoms with Gasteiger partial charge >= 0.3 is 5.97 Å². The third-order valence-electron chi connectivity index (χ3n) is 4.79. The van der Waals surface area contributed by atoms with Gasteiger partial charge in [-0.05, 0) is 62.6 Å². The summed E-state index contributed by atoms with van der Waals surface area (Å²) in [5.41, 5.74) is 4.74. The number of carbonyl (C=O) groups excluding carboxylic acids is 1. The largest absolute Gasteiger partial charge is 0.465 e. The molecule has 0 aliphatic carbocycles. The summed E-state index contributed by atoms with van der Waals surface area (Å²) in [5, 5.41) is 4.02. The molecule has 1 atom stereocenters. The van der Waals surface area contributed by atoms with E-state index in [1.807, 2.05) is 52.0 Å². The van der Waals surface area contributed by atoms with Gasteiger partial charge in [0.1, 0.15) is 6.10 Å². The van der Waals surface area contributed by atoms with E-state index in [4.69, 9.17) is 25.8 Å². The molecule has 5 nitrogen and oxygen atoms in total. The van der Waals surface area contributed by atoms with Crippen molar-refractivity contribution in [3.63, 3.8) is 0 Å². The molecule has 3 rings (SSSR count). The van der Waals surface area contributed by atoms with Gasteiger partial charge in [0.25, 0.3) is 0 Å². The van der Waals surface area contributed by atoms with Crippen LogP contribution in [0.4, 0.5) is 11.4 Å². The van der Waals surface area contributed by atoms with E-state index < -0.39 is 11.8 Å². The minimum absolute atomic E-state index is 0.201. The summed E-state index contributed by atoms with van der Waals surface area (Å²) in [5.74, 6) is -1.04. The third-order valence-corrected chi connectivity index (χ3v) is 5.20. The van der Waals surface area contributed by atoms with E-state index in [-0.39, 0.29) is 6.10 Å². The van der Waals surface area contributed by atoms with Gasteiger partial charge in [-0.25, -0.2) is 4.79 Å². The Hall–Kier alpha value is -2.08. The number of rotatable bonds is 4. The number of ether oxygens (including phenoxy) is 3. The molecule has 144 valence electrons. The Balaban J connectivity index is 2.07. The Kier molecular flexibility index (Phi) is 5.47. The van der Waals surface area contributed by atoms with E-state index in [2.05, 4.69) is 5.32 Å². The number of hydrogen-bond donors (Lipinski definition) is 1. The first-order valence-corrected chi connectivity index (χ1v) is 9.17. The molecule has 1 saturated heterocycles. The Labute approximate surface area is 164 Å². The van der Waals surface area contributed by atoms with Gasteiger partial charge in [0.15, 0.2) is 5.79 Å². The summed E-state index contributed by atoms with van der Waals surface area (Å²) in [6.07, 6.45) is -0.201. The molecule has 0 bridgehead atoms. The maximum absolute atomic E-state index is 12.3. The highest BCUT2D eigenvalue weighted by atomic mass is 35.5. The first-order valence-electron chi connectivity index (χ1n) is 8.79. The Morgan fingerprint density at radius 1 is 1.22 bits per heavy atom. The number of hydrogen-bond acceptors (Lipinski definition) is 5. The number of carbonyl (C=O) groups is 1. The van der Waals surface area contributed by atoms with Crippen LogP contribution in [0, 0.1) is 13.8 Å². The molecule has 0 spiro atoms. The number of halogens is 1. The maximum atomic E-state index is 12.3. The fourth-order valence-electron chi connectivity index (χ4n) is 3.24. The number of methoxy groups -OCH3 is 1. The zero-order valence-corrected chi connectivity index (χ0v) is 16.9. The van der Waals surface area contributed by atoms with Crippen LogP contribution in [0.2, 0.25) is 5.02 Å². The van der Waals surface area contributed by atoms with Crippen LogP contribution in [0.1, 0.15) is 47.0 Å². The van der Waals surface area contributed by atoms with Crippen LogP contribution in [0.25, 0.3) is 0 Å². The van der Waals surface area contributed by atoms with Crippen molar-refractivity contribution in [2.75, 3.05) is 19.0 Å². The molecule has 2 aromatic carbocycles. The summed E-state index contributed by atoms with van der Waals surface area (Å²) in [6.45, 7) is 8.12. The zero-order valence-electron chi connectivity index (χ0n) is 16.2. The highest BCUT2D eigenvalue weighted by molar-refractivity contribution is 6.31. The van der Waals surface area contributed by atoms with Crippen LogP contribution >= 0.6 is 11.6 Å². The van der Waals surface area contributed by atoms with Gasteiger partial charge in [0.05, 0.1) is 25.0 Å². The van der Waals surface area contributed by atoms with E-state index in [9.17, 15) is 4.79 Å². The Morgan fingerprint density at radius 2 is 1.96 bits per heavy atom. The second-order valence-corrected chi connectivity index (χ2v) is 7.46. The zero-order chi connectivity index (χ0) is 19.8. The van der Waals surface area contributed by atoms with Gasteiger partial charge in [0.2, 0.25) is 0 Å². The second kappa shape index (κ2) is 7.50. The molecular formula is C21H24ClNO4. The summed E-state index contributed by atoms with van der Waals surface area (Å²) in [6, 6.07) is 9.27. The normalized spacial score (nSPS) is 18.4. The number of benzene rings is 2. The van der Waals surface area contributed by atoms with Gasteiger partial charge in [-0.2, -0.15) is 0 Å². The molecule has 0 saturated carbocycles. The predicted molar refractivity (Wildman–Crippen MR) is 106 cm³/mol. The van der Waals surface area contributed by atoms with Crippen molar-refractivity contribution in [3.05, 3.63) is 57.6 Å². The van der Waals surface area contributed by atoms with Crippen LogP contribution < -0.4 is 5.32 Å². The highest BCUT2D eigenvalue weighted by Crippen LogP contribution is 2.38. The summed E-state index contributed by atoms with van der Waals surface area (Å²) in [4.78, 5) is 12.3. The van der Waals surface area contributed by atoms with Crippen LogP contribution in [-0.4, -0.2) is 25.5 Å². The summed E-state index contributed by atoms with van der Waals surface area (Å²) in [7, 11) is 1.37. The van der Waals surface area contributed by atoms with E-state index in [1.54, 1.807) is 6.07 Å². The van der Waals surface area contributed by atoms with Crippen molar-refractivity contribution in [2.45, 2.75) is 39.6 Å². The molecule has 1 unspecified atom stereocenters. The lowest BCUT2D eigenvalue weighted by Crippen LogP contribution is -2.20. The lowest BCUT2D eigenvalue weighted by Gasteiger charge is -2.22. The van der Waals surface area contributed by atoms with Crippen molar-refractivity contribution in [3.8, 4) is 0 Å². The molecular weight excluding hydrogens is 366 g/mol. The van der Waals surface area contributed by atoms with E-state index in [1.165, 1.54) is 7.11 Å². The highest BCUT2D eigenvalue weighted by Gasteiger charge is 2.35. The molecule has 0 aromatic heterocycles. The quantitative estimate of drug-likeness (QED) is 0.718. The van der Waals surface area contributed by atoms with Crippen molar-refractivity contribution < 1.29 is 19.0 Å². The van der Waals surface area contributed by atoms with Gasteiger partial charge in [0, 0.05) is 10.7 Å². The van der Waals surface area contributed by atoms with Crippen molar-refractivity contribution in [1.29, 1.82) is 0 Å². The average Bonchev–Trinajstić information content (AvgIpc) is 2.99. The van der Waals surface area contributed by atoms with Gasteiger partial charge in [-0.3, -0.25) is 0 Å². The van der Waals surface area contributed by atoms with Crippen molar-refractivity contribution in [2.24, 2.45) is 0 Å². The molecule has 1 aliphatic rings. The Bertz CT molecular complexity index is 879. The van der Waals surface area contributed by atoms with Gasteiger partial charge < -0.3 is 19.5 Å². The van der Waals surface area contributed by atoms with Gasteiger partial charge in [-0.1, -0.05) is 23.7 Å². The maximum Gasteiger partial charge on any atom is 0.339 e. The summed E-state index contributed by atoms with van der Waals surface area (Å²) >= 11 is 6.25. The Morgan fingerprint density at radius 3 is 2.59 bits per heavy atom. The lowest BCUT2D eigenvalue weighted by molar-refractivity contribution is -0.139. The third kappa shape index (κ3) is 3.95. The predicted octanol–water partition coefficient (Wildman–Crippen LogP) is 5.31. The van der Waals surface area contributed by atoms with E-state index >= 15 is 0 Å². The standard InChI is InChI=1S/C21H24ClNO4/c1-12-14(18-11-26-21(3,4)27-18)9-10-15(20(24)25-5)19(12)23-17-8-6-7-16(22)13(17)2/h6-10,18,23H,11H2,1-5H3. The fourth-order valence-corrected chi connectivity index (χ4v) is 3.41. The van der Waals surface area contributed by atoms with Crippen LogP contribution in [-0.2, 0) is 14.2 Å². The molecule has 1 fully saturated rings. The van der Waals surface area contributed by atoms with Gasteiger partial charge in [-0.15, -0.1) is 0 Å². The molecule has 0 radical (unpaired) electrons. The second-order valence-electron chi connectivity index (χ2n) is 7.05. The van der Waals surface area contributed by atoms with Crippen molar-refractivity contribution >= 4 is 28.9 Å². The number of esters is 1. The molecule has 0 amide bonds. The summed E-state index contributed by atoms with van der Waals surface area (Å²) < 4.78 is 16.7. The fraction of sp³-hybridized carbons (Fsp3) is 0.381. The minimum atomic E-state index is -0.630. The topological polar surface area (TPSA) is 56.8 Å². The molecule has 6 heteroatoms. The SMILES string of the molecule is COC(=O)c1ccc(C2COC(C)(C)O2)c(C)c1Nc1cccc(Cl)c1C. The first-order chi connectivity index (χ1) is 12.7. The minimum Gasteiger partial charge on any atom is -0.465 e. The van der Waals surface area contributed by atoms with Crippen LogP contribution in [0.15, 0.2) is 30.3 Å². The number of nitrogens with one attached hydrogen (secondary N) is 1. The molecule has 2 aromatic rings. The van der Waals surface area contributed by atoms with Crippen LogP contribution in [0.3, 0.4) is 0 Å². The van der Waals surface area contributed by atoms with Crippen LogP contribution in [0.5, 0.6) is 0 Å². The lowest BCUT2D eigenvalue weighted by atomic mass is 9.97. The number of anilines is 2. The monoisotopic (exact) mass is 389 g/mol. The van der Waals surface area contributed by atoms with Crippen molar-refractivity contribution in [1.82, 2.24) is 0 Å². The molecule has 27 heavy (non-hydrogen) atoms. The molecule has 1 heterocycles. The first kappa shape index (κ1) is 19.7. The van der Waals surface area contributed by atoms with E-state index in [0.29, 0.717) is 22.9 Å². The average molecular weight is 390 g/mol.